The summed E-state index contributed by atoms with van der Waals surface area (Å²) in [6, 6.07) is -0.972. The van der Waals surface area contributed by atoms with Gasteiger partial charge in [0.05, 0.1) is 20.5 Å². The second-order valence-electron chi connectivity index (χ2n) is 15.2. The van der Waals surface area contributed by atoms with E-state index in [2.05, 4.69) is 60.6 Å². The van der Waals surface area contributed by atoms with E-state index in [1.165, 1.54) is 77.0 Å². The van der Waals surface area contributed by atoms with E-state index in [0.717, 1.165) is 77.0 Å². The van der Waals surface area contributed by atoms with Gasteiger partial charge in [-0.2, -0.15) is 12.6 Å². The summed E-state index contributed by atoms with van der Waals surface area (Å²) in [5.74, 6) is -1.07. The van der Waals surface area contributed by atoms with Crippen molar-refractivity contribution in [2.24, 2.45) is 0 Å². The number of amides is 1. The normalized spacial score (nSPS) is 12.6. The zero-order valence-corrected chi connectivity index (χ0v) is 43.2. The van der Waals surface area contributed by atoms with Crippen molar-refractivity contribution in [3.8, 4) is 0 Å². The van der Waals surface area contributed by atoms with Gasteiger partial charge in [-0.3, -0.25) is 14.4 Å². The maximum atomic E-state index is 12.8. The first-order valence-corrected chi connectivity index (χ1v) is 24.4. The van der Waals surface area contributed by atoms with Crippen LogP contribution in [0.5, 0.6) is 0 Å². The summed E-state index contributed by atoms with van der Waals surface area (Å²) in [5, 5.41) is 2.61. The summed E-state index contributed by atoms with van der Waals surface area (Å²) in [6.07, 6.45) is 38.4. The predicted octanol–water partition coefficient (Wildman–Crippen LogP) is 4.56. The second kappa shape index (κ2) is 46.8. The number of rotatable bonds is 41. The van der Waals surface area contributed by atoms with E-state index in [4.69, 9.17) is 9.47 Å². The van der Waals surface area contributed by atoms with Gasteiger partial charge in [0.1, 0.15) is 12.7 Å². The summed E-state index contributed by atoms with van der Waals surface area (Å²) in [4.78, 5) is 60.1. The van der Waals surface area contributed by atoms with Crippen LogP contribution >= 0.6 is 20.5 Å². The zero-order valence-electron chi connectivity index (χ0n) is 37.4. The first kappa shape index (κ1) is 62.6. The van der Waals surface area contributed by atoms with Crippen molar-refractivity contribution >= 4 is 38.3 Å². The number of phosphoric acid groups is 1. The van der Waals surface area contributed by atoms with Gasteiger partial charge in [0, 0.05) is 25.7 Å². The molecule has 0 aliphatic rings. The first-order chi connectivity index (χ1) is 27.1. The van der Waals surface area contributed by atoms with Crippen molar-refractivity contribution < 1.29 is 102 Å². The number of hydrogen-bond donors (Lipinski definition) is 2. The largest absolute Gasteiger partial charge is 1.00 e. The maximum Gasteiger partial charge on any atom is 1.00 e. The fourth-order valence-electron chi connectivity index (χ4n) is 6.40. The molecule has 0 aromatic carbocycles. The minimum Gasteiger partial charge on any atom is -0.790 e. The number of carbonyl (C=O) groups excluding carboxylic acids is 3. The second-order valence-corrected chi connectivity index (χ2v) is 16.8. The summed E-state index contributed by atoms with van der Waals surface area (Å²) in [6.45, 7) is 3.59. The standard InChI is InChI=1S/C44H82NO9PS.2Na/c1-3-5-7-9-11-13-15-17-19-21-23-25-27-29-31-33-43(47)52-39-41(37-40(38-53-55(49,50)51)45-42(46)35-36-56)54-44(48)34-32-30-28-26-24-22-20-18-16-14-12-10-8-6-4-2;;/h17-20,40-41,56H,3-16,21-39H2,1-2H3,(H,45,46)(H2,49,50,51);;/q;2*+1/p-2/b19-17-,20-18-;;/t40?,41-;;/m1../s1. The smallest absolute Gasteiger partial charge is 0.790 e. The van der Waals surface area contributed by atoms with Crippen LogP contribution in [0.25, 0.3) is 0 Å². The Morgan fingerprint density at radius 3 is 1.40 bits per heavy atom. The molecule has 14 heteroatoms. The Balaban J connectivity index is -0.0000151. The molecule has 10 nitrogen and oxygen atoms in total. The fraction of sp³-hybridized carbons (Fsp3) is 0.841. The molecule has 1 amide bonds. The van der Waals surface area contributed by atoms with Crippen molar-refractivity contribution in [2.75, 3.05) is 19.0 Å². The molecular weight excluding hydrogens is 796 g/mol. The van der Waals surface area contributed by atoms with Gasteiger partial charge < -0.3 is 33.7 Å². The van der Waals surface area contributed by atoms with Gasteiger partial charge in [0.2, 0.25) is 5.91 Å². The van der Waals surface area contributed by atoms with Gasteiger partial charge in [-0.15, -0.1) is 0 Å². The van der Waals surface area contributed by atoms with Gasteiger partial charge >= 0.3 is 71.1 Å². The molecule has 0 saturated heterocycles. The van der Waals surface area contributed by atoms with Crippen molar-refractivity contribution in [1.29, 1.82) is 0 Å². The number of allylic oxidation sites excluding steroid dienone is 4. The Morgan fingerprint density at radius 1 is 0.586 bits per heavy atom. The number of esters is 2. The van der Waals surface area contributed by atoms with Crippen LogP contribution in [0.1, 0.15) is 206 Å². The van der Waals surface area contributed by atoms with Crippen LogP contribution in [-0.2, 0) is 32.9 Å². The molecule has 1 N–H and O–H groups in total. The molecule has 0 aromatic rings. The molecule has 0 rings (SSSR count). The van der Waals surface area contributed by atoms with Crippen LogP contribution < -0.4 is 74.2 Å². The number of carbonyl (C=O) groups is 3. The maximum absolute atomic E-state index is 12.8. The van der Waals surface area contributed by atoms with E-state index in [-0.39, 0.29) is 97.2 Å². The van der Waals surface area contributed by atoms with E-state index >= 15 is 0 Å². The van der Waals surface area contributed by atoms with Crippen molar-refractivity contribution in [2.45, 2.75) is 219 Å². The molecule has 0 fully saturated rings. The van der Waals surface area contributed by atoms with E-state index in [1.54, 1.807) is 0 Å². The van der Waals surface area contributed by atoms with E-state index < -0.39 is 44.4 Å². The number of unbranched alkanes of at least 4 members (excludes halogenated alkanes) is 22. The monoisotopic (exact) mass is 876 g/mol. The fourth-order valence-corrected chi connectivity index (χ4v) is 6.97. The molecule has 1 unspecified atom stereocenters. The minimum atomic E-state index is -5.32. The molecule has 0 saturated carbocycles. The van der Waals surface area contributed by atoms with Crippen molar-refractivity contribution in [3.05, 3.63) is 24.3 Å². The van der Waals surface area contributed by atoms with Gasteiger partial charge in [0.15, 0.2) is 0 Å². The molecule has 0 bridgehead atoms. The number of ether oxygens (including phenoxy) is 2. The third-order valence-electron chi connectivity index (χ3n) is 9.70. The molecule has 58 heavy (non-hydrogen) atoms. The van der Waals surface area contributed by atoms with Crippen LogP contribution in [0.4, 0.5) is 0 Å². The summed E-state index contributed by atoms with van der Waals surface area (Å²) in [5.41, 5.74) is 0. The Hall–Kier alpha value is 0.350. The average Bonchev–Trinajstić information content (AvgIpc) is 3.15. The molecule has 0 aromatic heterocycles. The van der Waals surface area contributed by atoms with Gasteiger partial charge in [-0.1, -0.05) is 141 Å². The molecular formula is C44H80NNa2O9PS. The Bertz CT molecular complexity index is 1060. The van der Waals surface area contributed by atoms with E-state index in [9.17, 15) is 28.7 Å². The molecule has 0 spiro atoms. The topological polar surface area (TPSA) is 154 Å². The minimum absolute atomic E-state index is 0. The predicted molar refractivity (Wildman–Crippen MR) is 228 cm³/mol. The van der Waals surface area contributed by atoms with E-state index in [1.807, 2.05) is 0 Å². The molecule has 0 radical (unpaired) electrons. The zero-order chi connectivity index (χ0) is 41.4. The van der Waals surface area contributed by atoms with Gasteiger partial charge in [-0.05, 0) is 70.0 Å². The van der Waals surface area contributed by atoms with Crippen LogP contribution in [0.15, 0.2) is 24.3 Å². The number of phosphoric ester groups is 1. The van der Waals surface area contributed by atoms with Crippen LogP contribution in [-0.4, -0.2) is 49.0 Å². The van der Waals surface area contributed by atoms with Crippen molar-refractivity contribution in [1.82, 2.24) is 5.32 Å². The SMILES string of the molecule is CCCCCCCC/C=C\CCCCCCCC(=O)OC[C@@H](CC(COP(=O)([O-])[O-])NC(=O)CCS)OC(=O)CCCCCCC/C=C\CCCCCCCC.[Na+].[Na+]. The molecule has 0 aliphatic carbocycles. The Kier molecular flexibility index (Phi) is 50.6. The van der Waals surface area contributed by atoms with Crippen LogP contribution in [0.2, 0.25) is 0 Å². The van der Waals surface area contributed by atoms with Gasteiger partial charge in [0.25, 0.3) is 0 Å². The summed E-state index contributed by atoms with van der Waals surface area (Å²) < 4.78 is 26.8. The Morgan fingerprint density at radius 2 is 0.983 bits per heavy atom. The molecule has 328 valence electrons. The summed E-state index contributed by atoms with van der Waals surface area (Å²) in [7, 11) is -5.32. The molecule has 0 aliphatic heterocycles. The third kappa shape index (κ3) is 47.4. The number of hydrogen-bond acceptors (Lipinski definition) is 10. The molecule has 2 atom stereocenters. The molecule has 0 heterocycles. The van der Waals surface area contributed by atoms with Gasteiger partial charge in [-0.25, -0.2) is 0 Å². The number of thiol groups is 1. The Labute approximate surface area is 404 Å². The average molecular weight is 876 g/mol. The third-order valence-corrected chi connectivity index (χ3v) is 10.4. The quantitative estimate of drug-likeness (QED) is 0.0225. The summed E-state index contributed by atoms with van der Waals surface area (Å²) >= 11 is 4.05. The van der Waals surface area contributed by atoms with Crippen LogP contribution in [0, 0.1) is 0 Å². The van der Waals surface area contributed by atoms with Crippen molar-refractivity contribution in [3.63, 3.8) is 0 Å². The first-order valence-electron chi connectivity index (χ1n) is 22.3. The van der Waals surface area contributed by atoms with Crippen LogP contribution in [0.3, 0.4) is 0 Å². The number of nitrogens with one attached hydrogen (secondary N) is 1. The van der Waals surface area contributed by atoms with E-state index in [0.29, 0.717) is 12.8 Å².